The van der Waals surface area contributed by atoms with Gasteiger partial charge >= 0.3 is 11.9 Å². The lowest BCUT2D eigenvalue weighted by atomic mass is 10.1. The van der Waals surface area contributed by atoms with Crippen molar-refractivity contribution in [3.05, 3.63) is 95.1 Å². The fourth-order valence-corrected chi connectivity index (χ4v) is 2.91. The minimum Gasteiger partial charge on any atom is -0.478 e. The van der Waals surface area contributed by atoms with Gasteiger partial charge in [-0.3, -0.25) is 9.59 Å². The molecule has 0 fully saturated rings. The van der Waals surface area contributed by atoms with Gasteiger partial charge in [0.05, 0.1) is 22.5 Å². The first-order chi connectivity index (χ1) is 14.9. The number of allylic oxidation sites excluding steroid dienone is 2. The van der Waals surface area contributed by atoms with Crippen LogP contribution in [0, 0.1) is 0 Å². The van der Waals surface area contributed by atoms with Crippen LogP contribution in [0.1, 0.15) is 27.1 Å². The van der Waals surface area contributed by atoms with E-state index in [1.165, 1.54) is 36.4 Å². The molecule has 3 rings (SSSR count). The number of benzene rings is 2. The number of nitrogens with one attached hydrogen (secondary N) is 2. The third-order valence-electron chi connectivity index (χ3n) is 4.42. The number of rotatable bonds is 6. The molecule has 0 aromatic heterocycles. The Morgan fingerprint density at radius 1 is 0.710 bits per heavy atom. The summed E-state index contributed by atoms with van der Waals surface area (Å²) in [5.74, 6) is -3.52. The first-order valence-electron chi connectivity index (χ1n) is 9.22. The molecule has 0 saturated heterocycles. The normalized spacial score (nSPS) is 12.8. The summed E-state index contributed by atoms with van der Waals surface area (Å²) >= 11 is 0. The zero-order valence-electron chi connectivity index (χ0n) is 16.2. The Morgan fingerprint density at radius 2 is 1.19 bits per heavy atom. The van der Waals surface area contributed by atoms with E-state index < -0.39 is 23.8 Å². The maximum atomic E-state index is 12.7. The second kappa shape index (κ2) is 9.36. The van der Waals surface area contributed by atoms with Gasteiger partial charge in [-0.2, -0.15) is 0 Å². The van der Waals surface area contributed by atoms with Crippen molar-refractivity contribution in [2.24, 2.45) is 0 Å². The summed E-state index contributed by atoms with van der Waals surface area (Å²) in [5.41, 5.74) is 0.451. The Balaban J connectivity index is 1.82. The number of anilines is 2. The van der Waals surface area contributed by atoms with Gasteiger partial charge in [-0.25, -0.2) is 9.59 Å². The van der Waals surface area contributed by atoms with E-state index in [-0.39, 0.29) is 33.6 Å². The molecule has 1 aliphatic rings. The quantitative estimate of drug-likeness (QED) is 0.568. The molecule has 2 aromatic rings. The van der Waals surface area contributed by atoms with Crippen LogP contribution in [-0.4, -0.2) is 34.0 Å². The van der Waals surface area contributed by atoms with Crippen molar-refractivity contribution >= 4 is 35.1 Å². The van der Waals surface area contributed by atoms with Crippen molar-refractivity contribution in [1.29, 1.82) is 0 Å². The highest BCUT2D eigenvalue weighted by Crippen LogP contribution is 2.20. The van der Waals surface area contributed by atoms with Gasteiger partial charge in [0.15, 0.2) is 0 Å². The molecule has 0 atom stereocenters. The average Bonchev–Trinajstić information content (AvgIpc) is 3.01. The van der Waals surface area contributed by atoms with Crippen molar-refractivity contribution in [1.82, 2.24) is 0 Å². The molecule has 0 heterocycles. The lowest BCUT2D eigenvalue weighted by Crippen LogP contribution is -2.18. The Bertz CT molecular complexity index is 1160. The number of para-hydroxylation sites is 2. The van der Waals surface area contributed by atoms with Gasteiger partial charge in [0, 0.05) is 11.1 Å². The zero-order valence-corrected chi connectivity index (χ0v) is 16.2. The second-order valence-electron chi connectivity index (χ2n) is 6.51. The number of carboxylic acid groups (broad SMARTS) is 2. The molecule has 0 spiro atoms. The SMILES string of the molecule is O=C(Nc1ccccc1C(=O)O)C1=CCC=CC(C(=O)Nc2ccccc2C(=O)O)=C1. The van der Waals surface area contributed by atoms with Crippen molar-refractivity contribution in [2.75, 3.05) is 10.6 Å². The number of hydrogen-bond donors (Lipinski definition) is 4. The standard InChI is InChI=1S/C23H18N2O6/c26-20(24-18-11-5-3-9-16(18)22(28)29)14-7-1-2-8-15(13-14)21(27)25-19-12-6-4-10-17(19)23(30)31/h1,3-13H,2H2,(H,24,26)(H,25,27)(H,28,29)(H,30,31). The van der Waals surface area contributed by atoms with E-state index in [2.05, 4.69) is 10.6 Å². The van der Waals surface area contributed by atoms with Crippen molar-refractivity contribution in [2.45, 2.75) is 6.42 Å². The molecule has 156 valence electrons. The van der Waals surface area contributed by atoms with Gasteiger partial charge < -0.3 is 20.8 Å². The van der Waals surface area contributed by atoms with Gasteiger partial charge in [0.1, 0.15) is 0 Å². The van der Waals surface area contributed by atoms with Crippen molar-refractivity contribution in [3.8, 4) is 0 Å². The Hall–Kier alpha value is -4.46. The fourth-order valence-electron chi connectivity index (χ4n) is 2.91. The van der Waals surface area contributed by atoms with Gasteiger partial charge in [0.25, 0.3) is 11.8 Å². The van der Waals surface area contributed by atoms with E-state index in [9.17, 15) is 29.4 Å². The van der Waals surface area contributed by atoms with Gasteiger partial charge in [0.2, 0.25) is 0 Å². The third-order valence-corrected chi connectivity index (χ3v) is 4.42. The van der Waals surface area contributed by atoms with Crippen LogP contribution in [0.4, 0.5) is 11.4 Å². The molecule has 2 aromatic carbocycles. The lowest BCUT2D eigenvalue weighted by molar-refractivity contribution is -0.112. The van der Waals surface area contributed by atoms with E-state index in [0.29, 0.717) is 6.42 Å². The molecule has 0 saturated carbocycles. The molecule has 0 bridgehead atoms. The average molecular weight is 418 g/mol. The van der Waals surface area contributed by atoms with Crippen LogP contribution >= 0.6 is 0 Å². The van der Waals surface area contributed by atoms with E-state index >= 15 is 0 Å². The number of carboxylic acids is 2. The predicted octanol–water partition coefficient (Wildman–Crippen LogP) is 3.47. The Kier molecular flexibility index (Phi) is 6.42. The first-order valence-corrected chi connectivity index (χ1v) is 9.22. The molecule has 0 aliphatic heterocycles. The summed E-state index contributed by atoms with van der Waals surface area (Å²) in [6.45, 7) is 0. The molecule has 4 N–H and O–H groups in total. The number of hydrogen-bond acceptors (Lipinski definition) is 4. The maximum Gasteiger partial charge on any atom is 0.337 e. The van der Waals surface area contributed by atoms with Gasteiger partial charge in [-0.05, 0) is 36.8 Å². The number of carbonyl (C=O) groups is 4. The fraction of sp³-hybridized carbons (Fsp3) is 0.0435. The van der Waals surface area contributed by atoms with Gasteiger partial charge in [-0.15, -0.1) is 0 Å². The van der Waals surface area contributed by atoms with E-state index in [1.807, 2.05) is 0 Å². The van der Waals surface area contributed by atoms with Crippen LogP contribution in [0.2, 0.25) is 0 Å². The number of aromatic carboxylic acids is 2. The molecular formula is C23H18N2O6. The van der Waals surface area contributed by atoms with E-state index in [1.54, 1.807) is 36.4 Å². The van der Waals surface area contributed by atoms with Crippen LogP contribution in [-0.2, 0) is 9.59 Å². The summed E-state index contributed by atoms with van der Waals surface area (Å²) in [5, 5.41) is 23.6. The summed E-state index contributed by atoms with van der Waals surface area (Å²) in [7, 11) is 0. The van der Waals surface area contributed by atoms with Gasteiger partial charge in [-0.1, -0.05) is 42.5 Å². The topological polar surface area (TPSA) is 133 Å². The summed E-state index contributed by atoms with van der Waals surface area (Å²) in [6, 6.07) is 12.0. The van der Waals surface area contributed by atoms with Crippen LogP contribution in [0.15, 0.2) is 84.0 Å². The zero-order chi connectivity index (χ0) is 22.4. The summed E-state index contributed by atoms with van der Waals surface area (Å²) in [4.78, 5) is 48.1. The van der Waals surface area contributed by atoms with Crippen molar-refractivity contribution in [3.63, 3.8) is 0 Å². The van der Waals surface area contributed by atoms with Crippen LogP contribution < -0.4 is 10.6 Å². The van der Waals surface area contributed by atoms with E-state index in [0.717, 1.165) is 0 Å². The first kappa shape index (κ1) is 21.3. The molecule has 0 unspecified atom stereocenters. The number of carbonyl (C=O) groups excluding carboxylic acids is 2. The summed E-state index contributed by atoms with van der Waals surface area (Å²) in [6.07, 6.45) is 6.55. The Morgan fingerprint density at radius 3 is 1.71 bits per heavy atom. The Labute approximate surface area is 177 Å². The minimum atomic E-state index is -1.18. The minimum absolute atomic E-state index is 0.0598. The molecule has 8 heteroatoms. The van der Waals surface area contributed by atoms with Crippen LogP contribution in [0.5, 0.6) is 0 Å². The highest BCUT2D eigenvalue weighted by molar-refractivity contribution is 6.13. The largest absolute Gasteiger partial charge is 0.478 e. The molecule has 8 nitrogen and oxygen atoms in total. The van der Waals surface area contributed by atoms with Crippen LogP contribution in [0.25, 0.3) is 0 Å². The highest BCUT2D eigenvalue weighted by Gasteiger charge is 2.18. The van der Waals surface area contributed by atoms with E-state index in [4.69, 9.17) is 0 Å². The molecular weight excluding hydrogens is 400 g/mol. The monoisotopic (exact) mass is 418 g/mol. The lowest BCUT2D eigenvalue weighted by Gasteiger charge is -2.10. The second-order valence-corrected chi connectivity index (χ2v) is 6.51. The summed E-state index contributed by atoms with van der Waals surface area (Å²) < 4.78 is 0. The predicted molar refractivity (Wildman–Crippen MR) is 114 cm³/mol. The van der Waals surface area contributed by atoms with Crippen LogP contribution in [0.3, 0.4) is 0 Å². The number of amides is 2. The third kappa shape index (κ3) is 5.13. The maximum absolute atomic E-state index is 12.7. The van der Waals surface area contributed by atoms with Crippen molar-refractivity contribution < 1.29 is 29.4 Å². The molecule has 1 aliphatic carbocycles. The molecule has 2 amide bonds. The highest BCUT2D eigenvalue weighted by atomic mass is 16.4. The molecule has 0 radical (unpaired) electrons. The molecule has 31 heavy (non-hydrogen) atoms. The smallest absolute Gasteiger partial charge is 0.337 e.